The van der Waals surface area contributed by atoms with Gasteiger partial charge < -0.3 is 11.1 Å². The van der Waals surface area contributed by atoms with Crippen LogP contribution in [0.2, 0.25) is 0 Å². The van der Waals surface area contributed by atoms with Crippen molar-refractivity contribution < 1.29 is 4.79 Å². The van der Waals surface area contributed by atoms with Crippen LogP contribution in [0.15, 0.2) is 60.7 Å². The van der Waals surface area contributed by atoms with Crippen molar-refractivity contribution in [3.05, 3.63) is 88.7 Å². The minimum Gasteiger partial charge on any atom is -0.368 e. The van der Waals surface area contributed by atoms with E-state index in [0.29, 0.717) is 23.5 Å². The van der Waals surface area contributed by atoms with Gasteiger partial charge in [0.1, 0.15) is 0 Å². The summed E-state index contributed by atoms with van der Waals surface area (Å²) < 4.78 is 0. The van der Waals surface area contributed by atoms with Gasteiger partial charge in [-0.05, 0) is 25.0 Å². The standard InChI is InChI=1S/C21H22N4O/c1-3-23-20(26)17-14(2)24-21(22)25-19(17)18(15-10-6-4-7-11-15)16-12-8-5-9-13-16/h4-13,18H,3H2,1-2H3,(H,23,26)(H2,22,24,25). The van der Waals surface area contributed by atoms with E-state index in [0.717, 1.165) is 11.1 Å². The fourth-order valence-electron chi connectivity index (χ4n) is 3.16. The minimum atomic E-state index is -0.209. The molecule has 26 heavy (non-hydrogen) atoms. The van der Waals surface area contributed by atoms with Crippen LogP contribution in [0, 0.1) is 6.92 Å². The third-order valence-corrected chi connectivity index (χ3v) is 4.24. The van der Waals surface area contributed by atoms with Gasteiger partial charge in [-0.25, -0.2) is 9.97 Å². The molecule has 0 spiro atoms. The van der Waals surface area contributed by atoms with Crippen molar-refractivity contribution in [2.45, 2.75) is 19.8 Å². The molecule has 0 aliphatic heterocycles. The molecule has 5 heteroatoms. The van der Waals surface area contributed by atoms with Crippen LogP contribution >= 0.6 is 0 Å². The molecule has 0 aliphatic rings. The molecule has 0 saturated carbocycles. The van der Waals surface area contributed by atoms with E-state index in [1.807, 2.05) is 67.6 Å². The van der Waals surface area contributed by atoms with Crippen LogP contribution in [-0.4, -0.2) is 22.4 Å². The lowest BCUT2D eigenvalue weighted by molar-refractivity contribution is 0.0953. The highest BCUT2D eigenvalue weighted by Crippen LogP contribution is 2.33. The summed E-state index contributed by atoms with van der Waals surface area (Å²) >= 11 is 0. The summed E-state index contributed by atoms with van der Waals surface area (Å²) in [5.41, 5.74) is 9.72. The minimum absolute atomic E-state index is 0.169. The summed E-state index contributed by atoms with van der Waals surface area (Å²) in [6.07, 6.45) is 0. The van der Waals surface area contributed by atoms with Crippen LogP contribution in [0.3, 0.4) is 0 Å². The van der Waals surface area contributed by atoms with Crippen molar-refractivity contribution in [3.8, 4) is 0 Å². The number of rotatable bonds is 5. The molecule has 0 saturated heterocycles. The zero-order valence-corrected chi connectivity index (χ0v) is 14.9. The van der Waals surface area contributed by atoms with E-state index in [1.165, 1.54) is 0 Å². The van der Waals surface area contributed by atoms with Gasteiger partial charge in [-0.1, -0.05) is 60.7 Å². The van der Waals surface area contributed by atoms with Crippen molar-refractivity contribution in [2.75, 3.05) is 12.3 Å². The van der Waals surface area contributed by atoms with Gasteiger partial charge in [0.15, 0.2) is 0 Å². The predicted molar refractivity (Wildman–Crippen MR) is 103 cm³/mol. The number of carbonyl (C=O) groups excluding carboxylic acids is 1. The topological polar surface area (TPSA) is 80.9 Å². The van der Waals surface area contributed by atoms with Crippen molar-refractivity contribution in [2.24, 2.45) is 0 Å². The molecule has 0 unspecified atom stereocenters. The number of nitrogens with two attached hydrogens (primary N) is 1. The monoisotopic (exact) mass is 346 g/mol. The number of aromatic nitrogens is 2. The van der Waals surface area contributed by atoms with E-state index >= 15 is 0 Å². The Balaban J connectivity index is 2.26. The van der Waals surface area contributed by atoms with Gasteiger partial charge >= 0.3 is 0 Å². The molecule has 3 aromatic rings. The van der Waals surface area contributed by atoms with Gasteiger partial charge in [-0.3, -0.25) is 4.79 Å². The highest BCUT2D eigenvalue weighted by atomic mass is 16.1. The Bertz CT molecular complexity index is 855. The van der Waals surface area contributed by atoms with Gasteiger partial charge in [-0.15, -0.1) is 0 Å². The quantitative estimate of drug-likeness (QED) is 0.743. The molecule has 2 aromatic carbocycles. The first-order valence-corrected chi connectivity index (χ1v) is 8.64. The Hall–Kier alpha value is -3.21. The molecule has 3 N–H and O–H groups in total. The third kappa shape index (κ3) is 3.57. The van der Waals surface area contributed by atoms with Crippen molar-refractivity contribution >= 4 is 11.9 Å². The summed E-state index contributed by atoms with van der Waals surface area (Å²) in [4.78, 5) is 21.4. The number of aryl methyl sites for hydroxylation is 1. The maximum atomic E-state index is 12.7. The summed E-state index contributed by atoms with van der Waals surface area (Å²) in [7, 11) is 0. The Labute approximate surface area is 153 Å². The fraction of sp³-hybridized carbons (Fsp3) is 0.190. The Morgan fingerprint density at radius 1 is 1.00 bits per heavy atom. The zero-order chi connectivity index (χ0) is 18.5. The number of anilines is 1. The molecule has 5 nitrogen and oxygen atoms in total. The van der Waals surface area contributed by atoms with E-state index < -0.39 is 0 Å². The van der Waals surface area contributed by atoms with Gasteiger partial charge in [0.05, 0.1) is 22.9 Å². The van der Waals surface area contributed by atoms with E-state index in [-0.39, 0.29) is 17.8 Å². The summed E-state index contributed by atoms with van der Waals surface area (Å²) in [6.45, 7) is 4.21. The smallest absolute Gasteiger partial charge is 0.255 e. The predicted octanol–water partition coefficient (Wildman–Crippen LogP) is 3.30. The molecule has 1 aromatic heterocycles. The lowest BCUT2D eigenvalue weighted by atomic mass is 9.85. The van der Waals surface area contributed by atoms with Crippen LogP contribution < -0.4 is 11.1 Å². The van der Waals surface area contributed by atoms with Crippen LogP contribution in [0.4, 0.5) is 5.95 Å². The van der Waals surface area contributed by atoms with Gasteiger partial charge in [-0.2, -0.15) is 0 Å². The average Bonchev–Trinajstić information content (AvgIpc) is 2.63. The van der Waals surface area contributed by atoms with Crippen molar-refractivity contribution in [3.63, 3.8) is 0 Å². The average molecular weight is 346 g/mol. The summed E-state index contributed by atoms with van der Waals surface area (Å²) in [6, 6.07) is 20.0. The van der Waals surface area contributed by atoms with E-state index in [9.17, 15) is 4.79 Å². The largest absolute Gasteiger partial charge is 0.368 e. The molecule has 0 bridgehead atoms. The van der Waals surface area contributed by atoms with Crippen LogP contribution in [0.25, 0.3) is 0 Å². The molecule has 132 valence electrons. The van der Waals surface area contributed by atoms with Gasteiger partial charge in [0, 0.05) is 6.54 Å². The molecule has 0 fully saturated rings. The summed E-state index contributed by atoms with van der Waals surface area (Å²) in [5.74, 6) is -0.224. The first kappa shape index (κ1) is 17.6. The van der Waals surface area contributed by atoms with E-state index in [4.69, 9.17) is 5.73 Å². The molecular weight excluding hydrogens is 324 g/mol. The second-order valence-corrected chi connectivity index (χ2v) is 6.04. The number of nitrogen functional groups attached to an aromatic ring is 1. The van der Waals surface area contributed by atoms with Crippen LogP contribution in [-0.2, 0) is 0 Å². The van der Waals surface area contributed by atoms with Crippen molar-refractivity contribution in [1.29, 1.82) is 0 Å². The number of nitrogens with one attached hydrogen (secondary N) is 1. The van der Waals surface area contributed by atoms with E-state index in [2.05, 4.69) is 15.3 Å². The highest BCUT2D eigenvalue weighted by Gasteiger charge is 2.26. The maximum absolute atomic E-state index is 12.7. The van der Waals surface area contributed by atoms with Gasteiger partial charge in [0.2, 0.25) is 5.95 Å². The Morgan fingerprint density at radius 3 is 2.04 bits per heavy atom. The molecule has 1 amide bonds. The van der Waals surface area contributed by atoms with Crippen LogP contribution in [0.5, 0.6) is 0 Å². The number of hydrogen-bond donors (Lipinski definition) is 2. The Morgan fingerprint density at radius 2 is 1.54 bits per heavy atom. The lowest BCUT2D eigenvalue weighted by Crippen LogP contribution is -2.27. The highest BCUT2D eigenvalue weighted by molar-refractivity contribution is 5.96. The molecule has 3 rings (SSSR count). The van der Waals surface area contributed by atoms with Crippen molar-refractivity contribution in [1.82, 2.24) is 15.3 Å². The number of benzene rings is 2. The number of amides is 1. The molecule has 0 radical (unpaired) electrons. The van der Waals surface area contributed by atoms with Crippen LogP contribution in [0.1, 0.15) is 45.7 Å². The zero-order valence-electron chi connectivity index (χ0n) is 14.9. The Kier molecular flexibility index (Phi) is 5.27. The fourth-order valence-corrected chi connectivity index (χ4v) is 3.16. The number of nitrogens with zero attached hydrogens (tertiary/aromatic N) is 2. The van der Waals surface area contributed by atoms with E-state index in [1.54, 1.807) is 6.92 Å². The SMILES string of the molecule is CCNC(=O)c1c(C)nc(N)nc1C(c1ccccc1)c1ccccc1. The van der Waals surface area contributed by atoms with Gasteiger partial charge in [0.25, 0.3) is 5.91 Å². The first-order chi connectivity index (χ1) is 12.6. The summed E-state index contributed by atoms with van der Waals surface area (Å²) in [5, 5.41) is 2.86. The maximum Gasteiger partial charge on any atom is 0.255 e. The molecule has 1 heterocycles. The number of hydrogen-bond acceptors (Lipinski definition) is 4. The molecule has 0 atom stereocenters. The molecule has 0 aliphatic carbocycles. The normalized spacial score (nSPS) is 10.7. The third-order valence-electron chi connectivity index (χ3n) is 4.24. The number of carbonyl (C=O) groups is 1. The second-order valence-electron chi connectivity index (χ2n) is 6.04. The lowest BCUT2D eigenvalue weighted by Gasteiger charge is -2.21. The first-order valence-electron chi connectivity index (χ1n) is 8.64. The molecular formula is C21H22N4O. The second kappa shape index (κ2) is 7.78.